The van der Waals surface area contributed by atoms with E-state index in [-0.39, 0.29) is 0 Å². The first kappa shape index (κ1) is 10.8. The Balaban J connectivity index is 0.000000142. The fourth-order valence-corrected chi connectivity index (χ4v) is 2.23. The van der Waals surface area contributed by atoms with Crippen molar-refractivity contribution >= 4 is 0 Å². The standard InChI is InChI=1S/C12H8.C6H6/c1-2-6-10-9(5-1)11-7-3-4-8-12(10)11;1-2-4-6-5-3-1/h1-8H;1-6H. The summed E-state index contributed by atoms with van der Waals surface area (Å²) in [5, 5.41) is 0. The summed E-state index contributed by atoms with van der Waals surface area (Å²) < 4.78 is 0. The summed E-state index contributed by atoms with van der Waals surface area (Å²) in [6.07, 6.45) is 0. The van der Waals surface area contributed by atoms with E-state index < -0.39 is 0 Å². The summed E-state index contributed by atoms with van der Waals surface area (Å²) in [4.78, 5) is 0. The third-order valence-corrected chi connectivity index (χ3v) is 3.10. The van der Waals surface area contributed by atoms with E-state index >= 15 is 0 Å². The van der Waals surface area contributed by atoms with E-state index in [4.69, 9.17) is 0 Å². The maximum atomic E-state index is 2.18. The predicted octanol–water partition coefficient (Wildman–Crippen LogP) is 5.02. The Hall–Kier alpha value is -2.34. The van der Waals surface area contributed by atoms with Crippen molar-refractivity contribution in [3.63, 3.8) is 0 Å². The zero-order valence-corrected chi connectivity index (χ0v) is 10.1. The van der Waals surface area contributed by atoms with Crippen LogP contribution in [0.5, 0.6) is 0 Å². The van der Waals surface area contributed by atoms with Crippen molar-refractivity contribution in [2.24, 2.45) is 0 Å². The van der Waals surface area contributed by atoms with Crippen molar-refractivity contribution in [1.29, 1.82) is 0 Å². The molecule has 0 saturated carbocycles. The second-order valence-corrected chi connectivity index (χ2v) is 4.25. The fourth-order valence-electron chi connectivity index (χ4n) is 2.23. The molecule has 18 heavy (non-hydrogen) atoms. The molecule has 1 aliphatic carbocycles. The molecule has 0 fully saturated rings. The SMILES string of the molecule is c1ccc2c(c1)-c1ccccc1-2.c1ccccc1. The minimum absolute atomic E-state index is 1.40. The van der Waals surface area contributed by atoms with Crippen molar-refractivity contribution in [1.82, 2.24) is 0 Å². The maximum Gasteiger partial charge on any atom is -0.00990 e. The Morgan fingerprint density at radius 1 is 0.278 bits per heavy atom. The van der Waals surface area contributed by atoms with Crippen LogP contribution in [0.3, 0.4) is 0 Å². The molecular weight excluding hydrogens is 216 g/mol. The van der Waals surface area contributed by atoms with Gasteiger partial charge in [-0.3, -0.25) is 0 Å². The van der Waals surface area contributed by atoms with Crippen LogP contribution in [0.4, 0.5) is 0 Å². The van der Waals surface area contributed by atoms with Gasteiger partial charge in [0.2, 0.25) is 0 Å². The number of hydrogen-bond donors (Lipinski definition) is 0. The van der Waals surface area contributed by atoms with Gasteiger partial charge in [0.1, 0.15) is 0 Å². The third-order valence-electron chi connectivity index (χ3n) is 3.10. The maximum absolute atomic E-state index is 2.18. The van der Waals surface area contributed by atoms with Gasteiger partial charge in [-0.2, -0.15) is 0 Å². The van der Waals surface area contributed by atoms with E-state index in [1.54, 1.807) is 0 Å². The summed E-state index contributed by atoms with van der Waals surface area (Å²) in [5.41, 5.74) is 5.59. The molecule has 0 heteroatoms. The molecule has 0 saturated heterocycles. The van der Waals surface area contributed by atoms with Gasteiger partial charge in [0.05, 0.1) is 0 Å². The second kappa shape index (κ2) is 4.89. The molecule has 0 radical (unpaired) electrons. The van der Waals surface area contributed by atoms with Crippen LogP contribution in [0.1, 0.15) is 0 Å². The monoisotopic (exact) mass is 230 g/mol. The van der Waals surface area contributed by atoms with Crippen LogP contribution in [0.15, 0.2) is 84.9 Å². The number of hydrogen-bond acceptors (Lipinski definition) is 0. The molecule has 0 atom stereocenters. The average molecular weight is 230 g/mol. The molecule has 3 aromatic rings. The molecule has 1 aliphatic rings. The highest BCUT2D eigenvalue weighted by molar-refractivity contribution is 6.02. The Bertz CT molecular complexity index is 512. The molecule has 86 valence electrons. The molecule has 0 nitrogen and oxygen atoms in total. The van der Waals surface area contributed by atoms with Gasteiger partial charge < -0.3 is 0 Å². The Kier molecular flexibility index (Phi) is 2.93. The predicted molar refractivity (Wildman–Crippen MR) is 77.3 cm³/mol. The van der Waals surface area contributed by atoms with Crippen LogP contribution in [-0.4, -0.2) is 0 Å². The molecule has 0 bridgehead atoms. The zero-order chi connectivity index (χ0) is 12.2. The first-order valence-electron chi connectivity index (χ1n) is 6.15. The Morgan fingerprint density at radius 2 is 0.500 bits per heavy atom. The Morgan fingerprint density at radius 3 is 0.722 bits per heavy atom. The van der Waals surface area contributed by atoms with E-state index in [1.807, 2.05) is 36.4 Å². The van der Waals surface area contributed by atoms with Crippen LogP contribution in [0.25, 0.3) is 22.3 Å². The molecule has 0 heterocycles. The number of rotatable bonds is 0. The molecular formula is C18H14. The van der Waals surface area contributed by atoms with Crippen molar-refractivity contribution in [2.45, 2.75) is 0 Å². The van der Waals surface area contributed by atoms with Crippen LogP contribution in [-0.2, 0) is 0 Å². The van der Waals surface area contributed by atoms with Crippen LogP contribution >= 0.6 is 0 Å². The lowest BCUT2D eigenvalue weighted by Crippen LogP contribution is -1.96. The van der Waals surface area contributed by atoms with Crippen LogP contribution < -0.4 is 0 Å². The zero-order valence-electron chi connectivity index (χ0n) is 10.1. The van der Waals surface area contributed by atoms with Crippen molar-refractivity contribution in [2.75, 3.05) is 0 Å². The smallest absolute Gasteiger partial charge is 0.00990 e. The molecule has 0 aromatic heterocycles. The highest BCUT2D eigenvalue weighted by Gasteiger charge is 2.19. The third kappa shape index (κ3) is 1.93. The van der Waals surface area contributed by atoms with Gasteiger partial charge in [-0.15, -0.1) is 0 Å². The normalized spacial score (nSPS) is 10.2. The van der Waals surface area contributed by atoms with E-state index in [9.17, 15) is 0 Å². The summed E-state index contributed by atoms with van der Waals surface area (Å²) in [5.74, 6) is 0. The largest absolute Gasteiger partial charge is 0.0623 e. The molecule has 4 rings (SSSR count). The summed E-state index contributed by atoms with van der Waals surface area (Å²) in [6.45, 7) is 0. The number of benzene rings is 3. The Labute approximate surface area is 108 Å². The average Bonchev–Trinajstić information content (AvgIpc) is 2.47. The summed E-state index contributed by atoms with van der Waals surface area (Å²) in [6, 6.07) is 29.1. The molecule has 3 aromatic carbocycles. The lowest BCUT2D eigenvalue weighted by atomic mass is 9.81. The van der Waals surface area contributed by atoms with Crippen molar-refractivity contribution in [3.8, 4) is 22.3 Å². The van der Waals surface area contributed by atoms with Gasteiger partial charge in [0.25, 0.3) is 0 Å². The number of fused-ring (bicyclic) bond motifs is 4. The quantitative estimate of drug-likeness (QED) is 0.398. The highest BCUT2D eigenvalue weighted by atomic mass is 14.2. The lowest BCUT2D eigenvalue weighted by molar-refractivity contribution is 1.52. The molecule has 0 aliphatic heterocycles. The summed E-state index contributed by atoms with van der Waals surface area (Å²) in [7, 11) is 0. The molecule has 0 unspecified atom stereocenters. The van der Waals surface area contributed by atoms with Gasteiger partial charge >= 0.3 is 0 Å². The fraction of sp³-hybridized carbons (Fsp3) is 0. The van der Waals surface area contributed by atoms with Crippen molar-refractivity contribution < 1.29 is 0 Å². The molecule has 0 spiro atoms. The lowest BCUT2D eigenvalue weighted by Gasteiger charge is -2.22. The van der Waals surface area contributed by atoms with Gasteiger partial charge in [-0.05, 0) is 22.3 Å². The van der Waals surface area contributed by atoms with Crippen LogP contribution in [0, 0.1) is 0 Å². The minimum Gasteiger partial charge on any atom is -0.0623 e. The minimum atomic E-state index is 1.40. The van der Waals surface area contributed by atoms with Gasteiger partial charge in [-0.1, -0.05) is 84.9 Å². The van der Waals surface area contributed by atoms with Crippen LogP contribution in [0.2, 0.25) is 0 Å². The summed E-state index contributed by atoms with van der Waals surface area (Å²) >= 11 is 0. The molecule has 0 N–H and O–H groups in total. The first-order valence-corrected chi connectivity index (χ1v) is 6.15. The second-order valence-electron chi connectivity index (χ2n) is 4.25. The molecule has 0 amide bonds. The van der Waals surface area contributed by atoms with E-state index in [0.29, 0.717) is 0 Å². The van der Waals surface area contributed by atoms with Gasteiger partial charge in [0.15, 0.2) is 0 Å². The highest BCUT2D eigenvalue weighted by Crippen LogP contribution is 2.46. The van der Waals surface area contributed by atoms with E-state index in [2.05, 4.69) is 48.5 Å². The van der Waals surface area contributed by atoms with E-state index in [0.717, 1.165) is 0 Å². The van der Waals surface area contributed by atoms with Gasteiger partial charge in [-0.25, -0.2) is 0 Å². The topological polar surface area (TPSA) is 0 Å². The van der Waals surface area contributed by atoms with Crippen molar-refractivity contribution in [3.05, 3.63) is 84.9 Å². The van der Waals surface area contributed by atoms with E-state index in [1.165, 1.54) is 22.3 Å². The first-order chi connectivity index (χ1) is 8.97. The van der Waals surface area contributed by atoms with Gasteiger partial charge in [0, 0.05) is 0 Å².